The first kappa shape index (κ1) is 14.2. The smallest absolute Gasteiger partial charge is 0.251 e. The molecule has 0 radical (unpaired) electrons. The van der Waals surface area contributed by atoms with Gasteiger partial charge in [0.05, 0.1) is 6.54 Å². The summed E-state index contributed by atoms with van der Waals surface area (Å²) in [5.41, 5.74) is 1.74. The minimum Gasteiger partial charge on any atom is -0.345 e. The van der Waals surface area contributed by atoms with Crippen molar-refractivity contribution in [1.29, 1.82) is 0 Å². The van der Waals surface area contributed by atoms with E-state index < -0.39 is 0 Å². The van der Waals surface area contributed by atoms with Gasteiger partial charge in [0.15, 0.2) is 10.6 Å². The Morgan fingerprint density at radius 1 is 1.50 bits per heavy atom. The molecule has 0 unspecified atom stereocenters. The lowest BCUT2D eigenvalue weighted by atomic mass is 10.1. The summed E-state index contributed by atoms with van der Waals surface area (Å²) >= 11 is 5.11. The average molecular weight is 288 g/mol. The highest BCUT2D eigenvalue weighted by atomic mass is 32.1. The Kier molecular flexibility index (Phi) is 4.47. The van der Waals surface area contributed by atoms with Gasteiger partial charge in [-0.15, -0.1) is 6.58 Å². The highest BCUT2D eigenvalue weighted by Gasteiger charge is 2.08. The van der Waals surface area contributed by atoms with E-state index in [1.807, 2.05) is 19.1 Å². The molecule has 6 heteroatoms. The highest BCUT2D eigenvalue weighted by molar-refractivity contribution is 7.71. The van der Waals surface area contributed by atoms with Crippen LogP contribution < -0.4 is 5.32 Å². The number of hydrogen-bond acceptors (Lipinski definition) is 3. The Morgan fingerprint density at radius 3 is 2.85 bits per heavy atom. The summed E-state index contributed by atoms with van der Waals surface area (Å²) in [4.78, 5) is 12.0. The van der Waals surface area contributed by atoms with Crippen molar-refractivity contribution in [2.24, 2.45) is 0 Å². The number of aromatic nitrogens is 3. The Balaban J connectivity index is 2.05. The van der Waals surface area contributed by atoms with Gasteiger partial charge < -0.3 is 5.32 Å². The van der Waals surface area contributed by atoms with Crippen molar-refractivity contribution in [3.8, 4) is 0 Å². The minimum absolute atomic E-state index is 0.135. The van der Waals surface area contributed by atoms with Gasteiger partial charge >= 0.3 is 0 Å². The molecule has 5 nitrogen and oxygen atoms in total. The number of benzene rings is 1. The normalized spacial score (nSPS) is 10.2. The first-order valence-corrected chi connectivity index (χ1v) is 6.62. The summed E-state index contributed by atoms with van der Waals surface area (Å²) in [5.74, 6) is 0.541. The van der Waals surface area contributed by atoms with Crippen LogP contribution in [0.25, 0.3) is 0 Å². The van der Waals surface area contributed by atoms with Crippen molar-refractivity contribution in [3.05, 3.63) is 58.6 Å². The van der Waals surface area contributed by atoms with Crippen LogP contribution >= 0.6 is 12.2 Å². The van der Waals surface area contributed by atoms with Gasteiger partial charge in [0.25, 0.3) is 5.91 Å². The number of rotatable bonds is 5. The Bertz CT molecular complexity index is 669. The van der Waals surface area contributed by atoms with Crippen molar-refractivity contribution < 1.29 is 4.79 Å². The van der Waals surface area contributed by atoms with E-state index in [9.17, 15) is 4.79 Å². The molecule has 1 aromatic carbocycles. The topological polar surface area (TPSA) is 62.7 Å². The van der Waals surface area contributed by atoms with Gasteiger partial charge in [-0.2, -0.15) is 5.10 Å². The second-order valence-corrected chi connectivity index (χ2v) is 4.78. The number of allylic oxidation sites excluding steroid dienone is 1. The fourth-order valence-electron chi connectivity index (χ4n) is 1.77. The highest BCUT2D eigenvalue weighted by Crippen LogP contribution is 2.04. The van der Waals surface area contributed by atoms with Gasteiger partial charge in [-0.05, 0) is 31.3 Å². The number of nitrogens with zero attached hydrogens (tertiary/aromatic N) is 2. The molecule has 0 aliphatic rings. The maximum absolute atomic E-state index is 12.0. The maximum atomic E-state index is 12.0. The molecule has 20 heavy (non-hydrogen) atoms. The molecule has 0 aliphatic carbocycles. The fourth-order valence-corrected chi connectivity index (χ4v) is 1.99. The average Bonchev–Trinajstić information content (AvgIpc) is 2.79. The molecule has 0 bridgehead atoms. The van der Waals surface area contributed by atoms with Crippen LogP contribution in [0.2, 0.25) is 0 Å². The van der Waals surface area contributed by atoms with Crippen molar-refractivity contribution in [2.75, 3.05) is 0 Å². The largest absolute Gasteiger partial charge is 0.345 e. The monoisotopic (exact) mass is 288 g/mol. The predicted octanol–water partition coefficient (Wildman–Crippen LogP) is 2.37. The van der Waals surface area contributed by atoms with Gasteiger partial charge in [0.1, 0.15) is 0 Å². The Labute approximate surface area is 122 Å². The van der Waals surface area contributed by atoms with Crippen LogP contribution in [0.4, 0.5) is 0 Å². The summed E-state index contributed by atoms with van der Waals surface area (Å²) in [6, 6.07) is 7.41. The molecule has 0 saturated heterocycles. The van der Waals surface area contributed by atoms with Gasteiger partial charge in [0, 0.05) is 12.1 Å². The lowest BCUT2D eigenvalue weighted by Gasteiger charge is -2.06. The van der Waals surface area contributed by atoms with E-state index in [0.29, 0.717) is 29.2 Å². The van der Waals surface area contributed by atoms with Crippen molar-refractivity contribution >= 4 is 18.1 Å². The number of carbonyl (C=O) groups is 1. The number of hydrogen-bond donors (Lipinski definition) is 2. The third-order valence-electron chi connectivity index (χ3n) is 2.87. The molecule has 1 heterocycles. The Morgan fingerprint density at radius 2 is 2.20 bits per heavy atom. The van der Waals surface area contributed by atoms with Gasteiger partial charge in [-0.1, -0.05) is 23.8 Å². The first-order valence-electron chi connectivity index (χ1n) is 6.21. The number of aromatic amines is 1. The van der Waals surface area contributed by atoms with E-state index in [-0.39, 0.29) is 5.91 Å². The quantitative estimate of drug-likeness (QED) is 0.656. The fraction of sp³-hybridized carbons (Fsp3) is 0.214. The summed E-state index contributed by atoms with van der Waals surface area (Å²) in [6.45, 7) is 6.53. The molecule has 2 aromatic rings. The number of nitrogens with one attached hydrogen (secondary N) is 2. The van der Waals surface area contributed by atoms with Crippen molar-refractivity contribution in [1.82, 2.24) is 20.1 Å². The van der Waals surface area contributed by atoms with Crippen molar-refractivity contribution in [3.63, 3.8) is 0 Å². The van der Waals surface area contributed by atoms with Crippen LogP contribution in [0.15, 0.2) is 36.9 Å². The first-order chi connectivity index (χ1) is 9.61. The van der Waals surface area contributed by atoms with E-state index in [4.69, 9.17) is 12.2 Å². The molecule has 0 atom stereocenters. The van der Waals surface area contributed by atoms with E-state index in [1.54, 1.807) is 22.8 Å². The zero-order valence-corrected chi connectivity index (χ0v) is 12.0. The zero-order chi connectivity index (χ0) is 14.5. The molecule has 0 fully saturated rings. The van der Waals surface area contributed by atoms with Crippen LogP contribution in [0.5, 0.6) is 0 Å². The maximum Gasteiger partial charge on any atom is 0.251 e. The van der Waals surface area contributed by atoms with E-state index in [2.05, 4.69) is 22.1 Å². The number of amides is 1. The molecule has 104 valence electrons. The van der Waals surface area contributed by atoms with Gasteiger partial charge in [0.2, 0.25) is 0 Å². The second-order valence-electron chi connectivity index (χ2n) is 4.39. The van der Waals surface area contributed by atoms with Crippen LogP contribution in [0.1, 0.15) is 21.7 Å². The molecule has 0 aliphatic heterocycles. The van der Waals surface area contributed by atoms with E-state index in [1.165, 1.54) is 0 Å². The summed E-state index contributed by atoms with van der Waals surface area (Å²) in [7, 11) is 0. The molecule has 0 spiro atoms. The number of aryl methyl sites for hydroxylation is 1. The van der Waals surface area contributed by atoms with Gasteiger partial charge in [-0.25, -0.2) is 0 Å². The van der Waals surface area contributed by atoms with E-state index >= 15 is 0 Å². The van der Waals surface area contributed by atoms with E-state index in [0.717, 1.165) is 5.56 Å². The summed E-state index contributed by atoms with van der Waals surface area (Å²) in [5, 5.41) is 9.63. The lowest BCUT2D eigenvalue weighted by Crippen LogP contribution is -2.24. The second kappa shape index (κ2) is 6.29. The van der Waals surface area contributed by atoms with Crippen molar-refractivity contribution in [2.45, 2.75) is 20.0 Å². The third kappa shape index (κ3) is 3.21. The van der Waals surface area contributed by atoms with Gasteiger partial charge in [-0.3, -0.25) is 14.5 Å². The predicted molar refractivity (Wildman–Crippen MR) is 80.0 cm³/mol. The Hall–Kier alpha value is -2.21. The summed E-state index contributed by atoms with van der Waals surface area (Å²) < 4.78 is 2.31. The van der Waals surface area contributed by atoms with Crippen LogP contribution in [0, 0.1) is 11.7 Å². The lowest BCUT2D eigenvalue weighted by molar-refractivity contribution is 0.0949. The number of carbonyl (C=O) groups excluding carboxylic acids is 1. The van der Waals surface area contributed by atoms with Crippen LogP contribution in [0.3, 0.4) is 0 Å². The summed E-state index contributed by atoms with van der Waals surface area (Å²) in [6.07, 6.45) is 1.73. The van der Waals surface area contributed by atoms with Crippen LogP contribution in [-0.4, -0.2) is 20.7 Å². The molecule has 1 amide bonds. The number of H-pyrrole nitrogens is 1. The molecule has 0 saturated carbocycles. The third-order valence-corrected chi connectivity index (χ3v) is 3.18. The molecular formula is C14H16N4OS. The SMILES string of the molecule is C=CCn1c(CNC(=O)c2ccc(C)cc2)n[nH]c1=S. The molecule has 2 N–H and O–H groups in total. The van der Waals surface area contributed by atoms with Crippen LogP contribution in [-0.2, 0) is 13.1 Å². The molecule has 1 aromatic heterocycles. The molecular weight excluding hydrogens is 272 g/mol. The zero-order valence-electron chi connectivity index (χ0n) is 11.2. The standard InChI is InChI=1S/C14H16N4OS/c1-3-8-18-12(16-17-14(18)20)9-15-13(19)11-6-4-10(2)5-7-11/h3-7H,1,8-9H2,2H3,(H,15,19)(H,17,20). The molecule has 2 rings (SSSR count). The minimum atomic E-state index is -0.135.